The average Bonchev–Trinajstić information content (AvgIpc) is 2.03. The Bertz CT molecular complexity index is 370. The van der Waals surface area contributed by atoms with Crippen molar-refractivity contribution < 1.29 is 8.42 Å². The third-order valence-electron chi connectivity index (χ3n) is 1.50. The molecule has 1 aromatic rings. The van der Waals surface area contributed by atoms with Crippen LogP contribution < -0.4 is 0 Å². The van der Waals surface area contributed by atoms with E-state index in [9.17, 15) is 8.42 Å². The van der Waals surface area contributed by atoms with Gasteiger partial charge in [-0.3, -0.25) is 0 Å². The maximum Gasteiger partial charge on any atom is 0.236 e. The van der Waals surface area contributed by atoms with E-state index in [2.05, 4.69) is 0 Å². The molecule has 0 saturated carbocycles. The molecule has 0 bridgehead atoms. The molecule has 0 atom stereocenters. The zero-order valence-corrected chi connectivity index (χ0v) is 9.42. The molecule has 0 aromatic heterocycles. The minimum absolute atomic E-state index is 0.108. The van der Waals surface area contributed by atoms with E-state index in [0.29, 0.717) is 5.56 Å². The molecule has 0 amide bonds. The van der Waals surface area contributed by atoms with Crippen LogP contribution in [0.1, 0.15) is 5.56 Å². The Morgan fingerprint density at radius 2 is 1.85 bits per heavy atom. The smallest absolute Gasteiger partial charge is 0.212 e. The van der Waals surface area contributed by atoms with Crippen molar-refractivity contribution in [2.45, 2.75) is 10.6 Å². The van der Waals surface area contributed by atoms with Crippen LogP contribution in [0.2, 0.25) is 0 Å². The summed E-state index contributed by atoms with van der Waals surface area (Å²) in [6.07, 6.45) is 1.97. The van der Waals surface area contributed by atoms with Crippen LogP contribution >= 0.6 is 22.4 Å². The van der Waals surface area contributed by atoms with Crippen LogP contribution in [-0.2, 0) is 14.8 Å². The highest BCUT2D eigenvalue weighted by Gasteiger charge is 2.06. The quantitative estimate of drug-likeness (QED) is 0.597. The van der Waals surface area contributed by atoms with Gasteiger partial charge in [0.1, 0.15) is 0 Å². The van der Waals surface area contributed by atoms with E-state index in [0.717, 1.165) is 4.90 Å². The normalized spacial score (nSPS) is 11.5. The van der Waals surface area contributed by atoms with E-state index in [1.807, 2.05) is 18.4 Å². The fraction of sp³-hybridized carbons (Fsp3) is 0.250. The Kier molecular flexibility index (Phi) is 3.64. The van der Waals surface area contributed by atoms with Crippen LogP contribution in [0.5, 0.6) is 0 Å². The number of benzene rings is 1. The maximum atomic E-state index is 10.7. The fourth-order valence-electron chi connectivity index (χ4n) is 0.921. The van der Waals surface area contributed by atoms with Gasteiger partial charge in [0.15, 0.2) is 0 Å². The molecule has 0 N–H and O–H groups in total. The van der Waals surface area contributed by atoms with Crippen molar-refractivity contribution in [1.82, 2.24) is 0 Å². The molecule has 0 fully saturated rings. The standard InChI is InChI=1S/C8H9ClO2S2/c1-12-8-4-2-7(3-5-8)6-13(9,10)11/h2-5H,6H2,1H3. The number of thioether (sulfide) groups is 1. The highest BCUT2D eigenvalue weighted by Crippen LogP contribution is 2.16. The molecule has 1 aromatic carbocycles. The van der Waals surface area contributed by atoms with E-state index in [1.54, 1.807) is 23.9 Å². The van der Waals surface area contributed by atoms with Gasteiger partial charge in [-0.05, 0) is 24.0 Å². The first kappa shape index (κ1) is 10.9. The first-order valence-corrected chi connectivity index (χ1v) is 7.27. The summed E-state index contributed by atoms with van der Waals surface area (Å²) in [5, 5.41) is 0. The van der Waals surface area contributed by atoms with Crippen molar-refractivity contribution in [3.8, 4) is 0 Å². The summed E-state index contributed by atoms with van der Waals surface area (Å²) in [5.74, 6) is -0.108. The highest BCUT2D eigenvalue weighted by molar-refractivity contribution is 8.13. The van der Waals surface area contributed by atoms with E-state index in [4.69, 9.17) is 10.7 Å². The molecule has 0 aliphatic carbocycles. The second-order valence-electron chi connectivity index (χ2n) is 2.53. The first-order valence-electron chi connectivity index (χ1n) is 3.56. The molecule has 0 saturated heterocycles. The average molecular weight is 237 g/mol. The predicted octanol–water partition coefficient (Wildman–Crippen LogP) is 2.48. The second kappa shape index (κ2) is 4.35. The first-order chi connectivity index (χ1) is 6.01. The molecule has 0 aliphatic rings. The van der Waals surface area contributed by atoms with Crippen molar-refractivity contribution in [1.29, 1.82) is 0 Å². The Morgan fingerprint density at radius 1 is 1.31 bits per heavy atom. The van der Waals surface area contributed by atoms with Gasteiger partial charge in [0, 0.05) is 15.6 Å². The van der Waals surface area contributed by atoms with Gasteiger partial charge in [-0.15, -0.1) is 11.8 Å². The lowest BCUT2D eigenvalue weighted by Crippen LogP contribution is -1.94. The van der Waals surface area contributed by atoms with E-state index >= 15 is 0 Å². The van der Waals surface area contributed by atoms with Crippen LogP contribution in [0.25, 0.3) is 0 Å². The Hall–Kier alpha value is -0.190. The largest absolute Gasteiger partial charge is 0.236 e. The molecular weight excluding hydrogens is 228 g/mol. The van der Waals surface area contributed by atoms with Crippen molar-refractivity contribution in [2.75, 3.05) is 6.26 Å². The third kappa shape index (κ3) is 4.02. The Morgan fingerprint density at radius 3 is 2.23 bits per heavy atom. The zero-order chi connectivity index (χ0) is 9.90. The van der Waals surface area contributed by atoms with Gasteiger partial charge >= 0.3 is 0 Å². The van der Waals surface area contributed by atoms with Crippen LogP contribution in [0.4, 0.5) is 0 Å². The summed E-state index contributed by atoms with van der Waals surface area (Å²) in [6, 6.07) is 7.29. The Balaban J connectivity index is 2.81. The molecule has 13 heavy (non-hydrogen) atoms. The third-order valence-corrected chi connectivity index (χ3v) is 3.25. The van der Waals surface area contributed by atoms with E-state index in [1.165, 1.54) is 0 Å². The molecule has 0 radical (unpaired) electrons. The van der Waals surface area contributed by atoms with Crippen molar-refractivity contribution >= 4 is 31.5 Å². The van der Waals surface area contributed by atoms with Crippen molar-refractivity contribution in [3.05, 3.63) is 29.8 Å². The van der Waals surface area contributed by atoms with Gasteiger partial charge in [-0.2, -0.15) is 0 Å². The van der Waals surface area contributed by atoms with Crippen LogP contribution in [0, 0.1) is 0 Å². The van der Waals surface area contributed by atoms with Gasteiger partial charge in [0.25, 0.3) is 0 Å². The van der Waals surface area contributed by atoms with Crippen LogP contribution in [0.3, 0.4) is 0 Å². The van der Waals surface area contributed by atoms with Gasteiger partial charge in [0.05, 0.1) is 5.75 Å². The van der Waals surface area contributed by atoms with Crippen LogP contribution in [0.15, 0.2) is 29.2 Å². The van der Waals surface area contributed by atoms with Crippen molar-refractivity contribution in [3.63, 3.8) is 0 Å². The minimum atomic E-state index is -3.43. The number of hydrogen-bond acceptors (Lipinski definition) is 3. The van der Waals surface area contributed by atoms with Crippen molar-refractivity contribution in [2.24, 2.45) is 0 Å². The fourth-order valence-corrected chi connectivity index (χ4v) is 2.30. The molecule has 72 valence electrons. The molecule has 0 spiro atoms. The van der Waals surface area contributed by atoms with Gasteiger partial charge < -0.3 is 0 Å². The van der Waals surface area contributed by atoms with Crippen LogP contribution in [-0.4, -0.2) is 14.7 Å². The molecule has 0 unspecified atom stereocenters. The zero-order valence-electron chi connectivity index (χ0n) is 7.03. The van der Waals surface area contributed by atoms with E-state index < -0.39 is 9.05 Å². The summed E-state index contributed by atoms with van der Waals surface area (Å²) < 4.78 is 21.4. The lowest BCUT2D eigenvalue weighted by Gasteiger charge is -1.99. The number of hydrogen-bond donors (Lipinski definition) is 0. The maximum absolute atomic E-state index is 10.7. The Labute approximate surface area is 86.7 Å². The molecule has 2 nitrogen and oxygen atoms in total. The highest BCUT2D eigenvalue weighted by atomic mass is 35.7. The van der Waals surface area contributed by atoms with Gasteiger partial charge in [0.2, 0.25) is 9.05 Å². The monoisotopic (exact) mass is 236 g/mol. The summed E-state index contributed by atoms with van der Waals surface area (Å²) in [5.41, 5.74) is 0.716. The SMILES string of the molecule is CSc1ccc(CS(=O)(=O)Cl)cc1. The summed E-state index contributed by atoms with van der Waals surface area (Å²) in [6.45, 7) is 0. The van der Waals surface area contributed by atoms with Gasteiger partial charge in [-0.25, -0.2) is 8.42 Å². The molecule has 0 aliphatic heterocycles. The summed E-state index contributed by atoms with van der Waals surface area (Å²) in [7, 11) is 1.68. The van der Waals surface area contributed by atoms with E-state index in [-0.39, 0.29) is 5.75 Å². The summed E-state index contributed by atoms with van der Waals surface area (Å²) in [4.78, 5) is 1.11. The molecule has 5 heteroatoms. The lowest BCUT2D eigenvalue weighted by molar-refractivity contribution is 0.609. The number of rotatable bonds is 3. The predicted molar refractivity (Wildman–Crippen MR) is 56.7 cm³/mol. The second-order valence-corrected chi connectivity index (χ2v) is 6.19. The minimum Gasteiger partial charge on any atom is -0.212 e. The number of halogens is 1. The summed E-state index contributed by atoms with van der Waals surface area (Å²) >= 11 is 1.61. The lowest BCUT2D eigenvalue weighted by atomic mass is 10.2. The molecular formula is C8H9ClO2S2. The topological polar surface area (TPSA) is 34.1 Å². The van der Waals surface area contributed by atoms with Gasteiger partial charge in [-0.1, -0.05) is 12.1 Å². The molecule has 1 rings (SSSR count). The molecule has 0 heterocycles.